The van der Waals surface area contributed by atoms with E-state index in [2.05, 4.69) is 104 Å². The summed E-state index contributed by atoms with van der Waals surface area (Å²) in [5.74, 6) is -1.15. The molecule has 0 radical (unpaired) electrons. The Balaban J connectivity index is 2.42. The lowest BCUT2D eigenvalue weighted by Gasteiger charge is -2.33. The molecule has 1 saturated heterocycles. The predicted molar refractivity (Wildman–Crippen MR) is 301 cm³/mol. The van der Waals surface area contributed by atoms with Crippen molar-refractivity contribution in [3.8, 4) is 5.75 Å². The third kappa shape index (κ3) is 30.2. The van der Waals surface area contributed by atoms with Crippen LogP contribution >= 0.6 is 0 Å². The number of hydrogen-bond acceptors (Lipinski definition) is 18. The molecular formula is C51H79N13O18Si. The van der Waals surface area contributed by atoms with Gasteiger partial charge in [0.15, 0.2) is 0 Å². The summed E-state index contributed by atoms with van der Waals surface area (Å²) >= 11 is 0. The lowest BCUT2D eigenvalue weighted by atomic mass is 10.1. The zero-order valence-electron chi connectivity index (χ0n) is 47.4. The second kappa shape index (κ2) is 38.4. The van der Waals surface area contributed by atoms with E-state index in [1.165, 1.54) is 36.3 Å². The summed E-state index contributed by atoms with van der Waals surface area (Å²) in [5, 5.41) is 28.3. The third-order valence-electron chi connectivity index (χ3n) is 11.0. The largest absolute Gasteiger partial charge is 0.496 e. The number of ether oxygens (including phenoxy) is 6. The molecule has 14 amide bonds. The SMILES string of the molecule is C=CCOC(=O)NC[C@@H](CNC(=O)N[C@@H](CNC(=O)OCC=C)CNC(=O)N(Cc1ccc(C)cc1OC)[C@@H](CNC(=O)OCC=C)CNC(=O)ON1C(=O)CCC1=O)NC(=O)NC[C@H](CNC(=O)OCC=C)NC(=O)OCC[Si](C)(C)C. The predicted octanol–water partition coefficient (Wildman–Crippen LogP) is 2.09. The molecule has 32 heteroatoms. The summed E-state index contributed by atoms with van der Waals surface area (Å²) in [4.78, 5) is 148. The number of hydroxylamine groups is 2. The lowest BCUT2D eigenvalue weighted by molar-refractivity contribution is -0.171. The van der Waals surface area contributed by atoms with Crippen molar-refractivity contribution in [3.63, 3.8) is 0 Å². The first kappa shape index (κ1) is 69.9. The van der Waals surface area contributed by atoms with Gasteiger partial charge in [-0.3, -0.25) is 9.59 Å². The molecule has 1 aromatic carbocycles. The van der Waals surface area contributed by atoms with Crippen LogP contribution in [-0.2, 0) is 44.7 Å². The molecule has 0 spiro atoms. The number of imide groups is 1. The minimum Gasteiger partial charge on any atom is -0.496 e. The Kier molecular flexibility index (Phi) is 32.3. The van der Waals surface area contributed by atoms with Crippen LogP contribution in [0.25, 0.3) is 0 Å². The van der Waals surface area contributed by atoms with Crippen molar-refractivity contribution in [2.45, 2.75) is 76.2 Å². The van der Waals surface area contributed by atoms with Gasteiger partial charge >= 0.3 is 54.7 Å². The van der Waals surface area contributed by atoms with Crippen molar-refractivity contribution < 1.29 is 86.0 Å². The molecule has 1 fully saturated rings. The minimum atomic E-state index is -1.56. The van der Waals surface area contributed by atoms with Gasteiger partial charge in [0.1, 0.15) is 32.2 Å². The van der Waals surface area contributed by atoms with E-state index in [0.29, 0.717) is 22.4 Å². The highest BCUT2D eigenvalue weighted by Crippen LogP contribution is 2.23. The Morgan fingerprint density at radius 1 is 0.566 bits per heavy atom. The molecule has 1 aliphatic rings. The van der Waals surface area contributed by atoms with Gasteiger partial charge in [-0.15, -0.1) is 5.06 Å². The summed E-state index contributed by atoms with van der Waals surface area (Å²) < 4.78 is 30.9. The average Bonchev–Trinajstić information content (AvgIpc) is 3.99. The van der Waals surface area contributed by atoms with Crippen molar-refractivity contribution >= 4 is 74.5 Å². The molecule has 1 aromatic rings. The highest BCUT2D eigenvalue weighted by atomic mass is 28.3. The van der Waals surface area contributed by atoms with Crippen LogP contribution in [0.1, 0.15) is 24.0 Å². The fourth-order valence-corrected chi connectivity index (χ4v) is 7.47. The molecular weight excluding hydrogens is 1110 g/mol. The first-order valence-corrected chi connectivity index (χ1v) is 29.8. The molecule has 2 rings (SSSR count). The van der Waals surface area contributed by atoms with Crippen molar-refractivity contribution in [2.75, 3.05) is 92.5 Å². The van der Waals surface area contributed by atoms with E-state index >= 15 is 0 Å². The third-order valence-corrected chi connectivity index (χ3v) is 12.7. The van der Waals surface area contributed by atoms with Crippen LogP contribution in [0, 0.1) is 6.92 Å². The van der Waals surface area contributed by atoms with Gasteiger partial charge in [0, 0.05) is 78.8 Å². The van der Waals surface area contributed by atoms with E-state index in [9.17, 15) is 52.7 Å². The van der Waals surface area contributed by atoms with Gasteiger partial charge < -0.3 is 96.6 Å². The van der Waals surface area contributed by atoms with Crippen LogP contribution < -0.4 is 63.2 Å². The van der Waals surface area contributed by atoms with E-state index in [-0.39, 0.29) is 91.7 Å². The van der Waals surface area contributed by atoms with Crippen LogP contribution in [0.2, 0.25) is 25.7 Å². The van der Waals surface area contributed by atoms with Gasteiger partial charge in [0.05, 0.1) is 44.4 Å². The van der Waals surface area contributed by atoms with E-state index in [1.807, 2.05) is 6.92 Å². The second-order valence-corrected chi connectivity index (χ2v) is 24.7. The first-order valence-electron chi connectivity index (χ1n) is 26.1. The number of carbonyl (C=O) groups excluding carboxylic acids is 11. The number of amides is 14. The molecule has 0 unspecified atom stereocenters. The number of nitrogens with one attached hydrogen (secondary N) is 11. The summed E-state index contributed by atoms with van der Waals surface area (Å²) in [5.41, 5.74) is 1.26. The Morgan fingerprint density at radius 2 is 0.976 bits per heavy atom. The summed E-state index contributed by atoms with van der Waals surface area (Å²) in [6, 6.07) is -1.18. The number of aryl methyl sites for hydroxylation is 1. The van der Waals surface area contributed by atoms with Crippen molar-refractivity contribution in [1.82, 2.24) is 68.4 Å². The maximum atomic E-state index is 14.6. The monoisotopic (exact) mass is 1190 g/mol. The van der Waals surface area contributed by atoms with Crippen LogP contribution in [0.4, 0.5) is 43.2 Å². The smallest absolute Gasteiger partial charge is 0.432 e. The highest BCUT2D eigenvalue weighted by Gasteiger charge is 2.34. The summed E-state index contributed by atoms with van der Waals surface area (Å²) in [6.45, 7) is 18.5. The van der Waals surface area contributed by atoms with Crippen LogP contribution in [0.15, 0.2) is 68.8 Å². The molecule has 0 bridgehead atoms. The number of hydrogen-bond donors (Lipinski definition) is 11. The Labute approximate surface area is 482 Å². The van der Waals surface area contributed by atoms with E-state index in [4.69, 9.17) is 33.3 Å². The summed E-state index contributed by atoms with van der Waals surface area (Å²) in [7, 11) is -0.154. The molecule has 4 atom stereocenters. The molecule has 0 aliphatic carbocycles. The average molecular weight is 1190 g/mol. The Morgan fingerprint density at radius 3 is 1.41 bits per heavy atom. The zero-order valence-corrected chi connectivity index (χ0v) is 48.4. The molecule has 1 heterocycles. The van der Waals surface area contributed by atoms with Crippen molar-refractivity contribution in [2.24, 2.45) is 0 Å². The standard InChI is InChI=1S/C51H79N13O18Si/c1-10-18-77-46(70)55-28-36(60-44(68)53-26-38(30-57-48(72)79-20-12-3)62-51(75)81-22-23-83(7,8)9)25-52-43(67)61-37(29-56-47(71)78-19-11-2)27-54-45(69)63(33-35-15-14-34(5)24-40(35)76-6)39(31-58-49(73)80-21-13-4)32-59-50(74)82-64-41(65)16-17-42(64)66/h10-15,24,36-39H,1-4,16-23,25-33H2,5-9H3,(H,54,69)(H,55,70)(H,56,71)(H,57,72)(H,58,73)(H,59,74)(H,62,75)(H2,52,61,67)(H2,53,60,68)/t36-,37-,38-,39+/m1/s1. The first-order chi connectivity index (χ1) is 39.5. The number of alkyl carbamates (subject to hydrolysis) is 5. The highest BCUT2D eigenvalue weighted by molar-refractivity contribution is 6.76. The number of rotatable bonds is 35. The number of benzene rings is 1. The van der Waals surface area contributed by atoms with Gasteiger partial charge in [-0.05, 0) is 24.6 Å². The van der Waals surface area contributed by atoms with Crippen LogP contribution in [-0.4, -0.2) is 201 Å². The quantitative estimate of drug-likeness (QED) is 0.0201. The maximum Gasteiger partial charge on any atom is 0.432 e. The number of methoxy groups -OCH3 is 1. The van der Waals surface area contributed by atoms with Gasteiger partial charge in [0.2, 0.25) is 0 Å². The Bertz CT molecular complexity index is 2400. The van der Waals surface area contributed by atoms with Gasteiger partial charge in [0.25, 0.3) is 11.8 Å². The van der Waals surface area contributed by atoms with Crippen LogP contribution in [0.5, 0.6) is 5.75 Å². The van der Waals surface area contributed by atoms with E-state index < -0.39 is 112 Å². The summed E-state index contributed by atoms with van der Waals surface area (Å²) in [6.07, 6.45) is -0.671. The molecule has 31 nitrogen and oxygen atoms in total. The zero-order chi connectivity index (χ0) is 61.7. The van der Waals surface area contributed by atoms with E-state index in [0.717, 1.165) is 5.56 Å². The molecule has 0 aromatic heterocycles. The molecule has 0 saturated carbocycles. The molecule has 11 N–H and O–H groups in total. The number of nitrogens with zero attached hydrogens (tertiary/aromatic N) is 2. The van der Waals surface area contributed by atoms with E-state index in [1.54, 1.807) is 18.2 Å². The van der Waals surface area contributed by atoms with Gasteiger partial charge in [-0.2, -0.15) is 0 Å². The molecule has 1 aliphatic heterocycles. The van der Waals surface area contributed by atoms with Crippen LogP contribution in [0.3, 0.4) is 0 Å². The normalized spacial score (nSPS) is 13.0. The number of carbonyl (C=O) groups is 11. The molecule has 460 valence electrons. The van der Waals surface area contributed by atoms with Gasteiger partial charge in [-0.25, -0.2) is 43.2 Å². The fraction of sp³-hybridized carbons (Fsp3) is 0.510. The second-order valence-electron chi connectivity index (χ2n) is 19.1. The van der Waals surface area contributed by atoms with Crippen molar-refractivity contribution in [1.29, 1.82) is 0 Å². The molecule has 83 heavy (non-hydrogen) atoms. The number of urea groups is 3. The topological polar surface area (TPSA) is 391 Å². The van der Waals surface area contributed by atoms with Gasteiger partial charge in [-0.1, -0.05) is 82.4 Å². The maximum absolute atomic E-state index is 14.6. The van der Waals surface area contributed by atoms with Crippen molar-refractivity contribution in [3.05, 3.63) is 79.9 Å². The fourth-order valence-electron chi connectivity index (χ4n) is 6.76. The minimum absolute atomic E-state index is 0.0926. The lowest BCUT2D eigenvalue weighted by Crippen LogP contribution is -2.59. The Hall–Kier alpha value is -9.23.